The number of aliphatic hydroxyl groups excluding tert-OH is 1. The Morgan fingerprint density at radius 1 is 1.08 bits per heavy atom. The van der Waals surface area contributed by atoms with Crippen LogP contribution in [0.3, 0.4) is 0 Å². The molecule has 2 aromatic heterocycles. The average molecular weight is 485 g/mol. The predicted octanol–water partition coefficient (Wildman–Crippen LogP) is 4.75. The highest BCUT2D eigenvalue weighted by molar-refractivity contribution is 5.98. The topological polar surface area (TPSA) is 104 Å². The molecule has 1 fully saturated rings. The number of aryl methyl sites for hydroxylation is 1. The summed E-state index contributed by atoms with van der Waals surface area (Å²) < 4.78 is 6.50. The summed E-state index contributed by atoms with van der Waals surface area (Å²) in [5, 5.41) is 21.9. The molecule has 2 aromatic carbocycles. The molecule has 0 amide bonds. The molecule has 4 aromatic rings. The molecule has 5 rings (SSSR count). The summed E-state index contributed by atoms with van der Waals surface area (Å²) in [4.78, 5) is 13.8. The lowest BCUT2D eigenvalue weighted by molar-refractivity contribution is 0.208. The van der Waals surface area contributed by atoms with Crippen molar-refractivity contribution in [2.24, 2.45) is 0 Å². The van der Waals surface area contributed by atoms with Crippen molar-refractivity contribution in [3.63, 3.8) is 0 Å². The molecule has 0 radical (unpaired) electrons. The van der Waals surface area contributed by atoms with Crippen molar-refractivity contribution < 1.29 is 9.84 Å². The molecule has 0 aliphatic carbocycles. The van der Waals surface area contributed by atoms with Gasteiger partial charge in [0.15, 0.2) is 0 Å². The highest BCUT2D eigenvalue weighted by atomic mass is 16.5. The Kier molecular flexibility index (Phi) is 7.25. The van der Waals surface area contributed by atoms with Crippen molar-refractivity contribution in [3.8, 4) is 22.9 Å². The summed E-state index contributed by atoms with van der Waals surface area (Å²) in [5.41, 5.74) is 3.49. The van der Waals surface area contributed by atoms with Gasteiger partial charge in [-0.2, -0.15) is 0 Å². The van der Waals surface area contributed by atoms with Gasteiger partial charge in [0.25, 0.3) is 0 Å². The fourth-order valence-corrected chi connectivity index (χ4v) is 4.49. The van der Waals surface area contributed by atoms with Crippen LogP contribution in [0.15, 0.2) is 60.9 Å². The molecule has 8 nitrogen and oxygen atoms in total. The maximum absolute atomic E-state index is 9.72. The van der Waals surface area contributed by atoms with E-state index in [2.05, 4.69) is 32.0 Å². The van der Waals surface area contributed by atoms with Gasteiger partial charge < -0.3 is 25.8 Å². The Bertz CT molecular complexity index is 1340. The van der Waals surface area contributed by atoms with Gasteiger partial charge in [-0.3, -0.25) is 0 Å². The second-order valence-corrected chi connectivity index (χ2v) is 9.25. The van der Waals surface area contributed by atoms with Gasteiger partial charge in [0, 0.05) is 48.0 Å². The summed E-state index contributed by atoms with van der Waals surface area (Å²) in [6, 6.07) is 16.2. The Morgan fingerprint density at radius 3 is 2.83 bits per heavy atom. The van der Waals surface area contributed by atoms with Crippen LogP contribution in [-0.2, 0) is 0 Å². The zero-order valence-electron chi connectivity index (χ0n) is 20.7. The van der Waals surface area contributed by atoms with E-state index in [4.69, 9.17) is 9.72 Å². The van der Waals surface area contributed by atoms with Crippen LogP contribution in [0.1, 0.15) is 25.3 Å². The lowest BCUT2D eigenvalue weighted by Crippen LogP contribution is -2.38. The third-order valence-electron chi connectivity index (χ3n) is 6.33. The van der Waals surface area contributed by atoms with Crippen molar-refractivity contribution in [1.29, 1.82) is 0 Å². The largest absolute Gasteiger partial charge is 0.437 e. The fourth-order valence-electron chi connectivity index (χ4n) is 4.49. The maximum Gasteiger partial charge on any atom is 0.228 e. The molecule has 3 heterocycles. The van der Waals surface area contributed by atoms with Crippen LogP contribution < -0.4 is 20.7 Å². The van der Waals surface area contributed by atoms with Crippen LogP contribution in [0.25, 0.3) is 22.0 Å². The molecule has 8 heteroatoms. The van der Waals surface area contributed by atoms with E-state index < -0.39 is 6.10 Å². The quantitative estimate of drug-likeness (QED) is 0.284. The number of hydrogen-bond acceptors (Lipinski definition) is 8. The van der Waals surface area contributed by atoms with E-state index >= 15 is 0 Å². The zero-order valence-corrected chi connectivity index (χ0v) is 20.7. The van der Waals surface area contributed by atoms with Gasteiger partial charge in [-0.25, -0.2) is 15.0 Å². The SMILES string of the molecule is Cc1ccc2c(NCC(C)O)cccc2c1Oc1ncccc1-c1ccnc(N[C@H]2CCCNC2)n1. The Hall–Kier alpha value is -3.75. The molecule has 2 atom stereocenters. The number of nitrogens with one attached hydrogen (secondary N) is 3. The monoisotopic (exact) mass is 484 g/mol. The van der Waals surface area contributed by atoms with Gasteiger partial charge in [-0.05, 0) is 63.1 Å². The molecule has 0 saturated carbocycles. The van der Waals surface area contributed by atoms with Crippen LogP contribution in [0.2, 0.25) is 0 Å². The Balaban J connectivity index is 1.47. The van der Waals surface area contributed by atoms with Gasteiger partial charge in [0.05, 0.1) is 17.4 Å². The van der Waals surface area contributed by atoms with Crippen molar-refractivity contribution in [1.82, 2.24) is 20.3 Å². The first-order valence-corrected chi connectivity index (χ1v) is 12.5. The van der Waals surface area contributed by atoms with Gasteiger partial charge in [-0.15, -0.1) is 0 Å². The van der Waals surface area contributed by atoms with E-state index in [1.54, 1.807) is 19.3 Å². The molecule has 4 N–H and O–H groups in total. The minimum atomic E-state index is -0.445. The maximum atomic E-state index is 9.72. The molecule has 0 bridgehead atoms. The lowest BCUT2D eigenvalue weighted by atomic mass is 10.0. The van der Waals surface area contributed by atoms with Gasteiger partial charge in [0.1, 0.15) is 5.75 Å². The average Bonchev–Trinajstić information content (AvgIpc) is 2.90. The van der Waals surface area contributed by atoms with Gasteiger partial charge in [-0.1, -0.05) is 24.3 Å². The molecule has 0 spiro atoms. The van der Waals surface area contributed by atoms with Crippen molar-refractivity contribution in [2.45, 2.75) is 38.8 Å². The third-order valence-corrected chi connectivity index (χ3v) is 6.33. The number of anilines is 2. The minimum absolute atomic E-state index is 0.313. The molecule has 1 aliphatic heterocycles. The molecule has 1 saturated heterocycles. The predicted molar refractivity (Wildman–Crippen MR) is 144 cm³/mol. The first-order chi connectivity index (χ1) is 17.6. The fraction of sp³-hybridized carbons (Fsp3) is 0.321. The zero-order chi connectivity index (χ0) is 24.9. The third kappa shape index (κ3) is 5.40. The number of hydrogen-bond donors (Lipinski definition) is 4. The number of fused-ring (bicyclic) bond motifs is 1. The molecular formula is C28H32N6O2. The lowest BCUT2D eigenvalue weighted by Gasteiger charge is -2.23. The first-order valence-electron chi connectivity index (χ1n) is 12.5. The van der Waals surface area contributed by atoms with Crippen LogP contribution >= 0.6 is 0 Å². The second-order valence-electron chi connectivity index (χ2n) is 9.25. The minimum Gasteiger partial charge on any atom is -0.437 e. The summed E-state index contributed by atoms with van der Waals surface area (Å²) >= 11 is 0. The van der Waals surface area contributed by atoms with E-state index in [9.17, 15) is 5.11 Å². The molecular weight excluding hydrogens is 452 g/mol. The van der Waals surface area contributed by atoms with Gasteiger partial charge in [0.2, 0.25) is 11.8 Å². The number of nitrogens with zero attached hydrogens (tertiary/aromatic N) is 3. The number of benzene rings is 2. The number of rotatable bonds is 8. The molecule has 1 aliphatic rings. The first kappa shape index (κ1) is 24.0. The van der Waals surface area contributed by atoms with E-state index in [1.807, 2.05) is 49.4 Å². The number of pyridine rings is 1. The standard InChI is InChI=1S/C28H32N6O2/c1-18-10-11-21-22(7-3-9-24(21)32-16-19(2)35)26(18)36-27-23(8-5-14-30-27)25-12-15-31-28(34-25)33-20-6-4-13-29-17-20/h3,5,7-12,14-15,19-20,29,32,35H,4,6,13,16-17H2,1-2H3,(H,31,33,34)/t19?,20-/m0/s1. The molecule has 1 unspecified atom stereocenters. The van der Waals surface area contributed by atoms with Crippen molar-refractivity contribution in [3.05, 3.63) is 66.5 Å². The number of ether oxygens (including phenoxy) is 1. The van der Waals surface area contributed by atoms with Crippen molar-refractivity contribution >= 4 is 22.4 Å². The highest BCUT2D eigenvalue weighted by Gasteiger charge is 2.17. The summed E-state index contributed by atoms with van der Waals surface area (Å²) in [6.07, 6.45) is 5.28. The van der Waals surface area contributed by atoms with Crippen LogP contribution in [0.5, 0.6) is 11.6 Å². The summed E-state index contributed by atoms with van der Waals surface area (Å²) in [5.74, 6) is 1.83. The van der Waals surface area contributed by atoms with E-state index in [1.165, 1.54) is 0 Å². The Labute approximate surface area is 211 Å². The number of piperidine rings is 1. The second kappa shape index (κ2) is 10.9. The van der Waals surface area contributed by atoms with Crippen LogP contribution in [0, 0.1) is 6.92 Å². The van der Waals surface area contributed by atoms with E-state index in [0.29, 0.717) is 24.4 Å². The summed E-state index contributed by atoms with van der Waals surface area (Å²) in [6.45, 7) is 6.22. The van der Waals surface area contributed by atoms with Gasteiger partial charge >= 0.3 is 0 Å². The highest BCUT2D eigenvalue weighted by Crippen LogP contribution is 2.38. The van der Waals surface area contributed by atoms with Crippen LogP contribution in [0.4, 0.5) is 11.6 Å². The van der Waals surface area contributed by atoms with E-state index in [0.717, 1.165) is 65.0 Å². The molecule has 36 heavy (non-hydrogen) atoms. The normalized spacial score (nSPS) is 16.5. The van der Waals surface area contributed by atoms with E-state index in [-0.39, 0.29) is 0 Å². The Morgan fingerprint density at radius 2 is 2.00 bits per heavy atom. The van der Waals surface area contributed by atoms with Crippen LogP contribution in [-0.4, -0.2) is 51.8 Å². The number of aliphatic hydroxyl groups is 1. The smallest absolute Gasteiger partial charge is 0.228 e. The molecule has 186 valence electrons. The summed E-state index contributed by atoms with van der Waals surface area (Å²) in [7, 11) is 0. The number of aromatic nitrogens is 3. The van der Waals surface area contributed by atoms with Crippen molar-refractivity contribution in [2.75, 3.05) is 30.3 Å².